The second-order valence-electron chi connectivity index (χ2n) is 10.5. The van der Waals surface area contributed by atoms with Crippen molar-refractivity contribution in [3.05, 3.63) is 65.3 Å². The molecule has 0 unspecified atom stereocenters. The van der Waals surface area contributed by atoms with Crippen LogP contribution in [0.15, 0.2) is 47.2 Å². The molecule has 0 radical (unpaired) electrons. The highest BCUT2D eigenvalue weighted by molar-refractivity contribution is 5.83. The first-order valence-corrected chi connectivity index (χ1v) is 13.1. The lowest BCUT2D eigenvalue weighted by Crippen LogP contribution is -2.45. The first kappa shape index (κ1) is 27.9. The van der Waals surface area contributed by atoms with E-state index in [1.165, 1.54) is 10.9 Å². The van der Waals surface area contributed by atoms with Gasteiger partial charge in [0.1, 0.15) is 11.6 Å². The van der Waals surface area contributed by atoms with E-state index < -0.39 is 11.2 Å². The molecule has 206 valence electrons. The van der Waals surface area contributed by atoms with E-state index in [1.54, 1.807) is 6.08 Å². The molecule has 10 nitrogen and oxygen atoms in total. The standard InChI is InChI=1S/C28H36FN9O/c1-17(7-8-25(30-6)38-16-22(29)15-31-38)20(4)33-27(39)28(5)11-9-21(10-12-28)26-32-18(2)13-23(35-26)34-24-14-19(3)36-37-24/h7-8,13-16,20-21H,6,9-12H2,1-5H3,(H,33,39)(H2,32,34,35,36,37)/b17-7+,25-8+/t20-,21-,28-/m0/s1. The summed E-state index contributed by atoms with van der Waals surface area (Å²) in [6.45, 7) is 13.3. The largest absolute Gasteiger partial charge is 0.349 e. The molecule has 1 amide bonds. The molecular formula is C28H36FN9O. The predicted molar refractivity (Wildman–Crippen MR) is 150 cm³/mol. The zero-order valence-electron chi connectivity index (χ0n) is 23.1. The van der Waals surface area contributed by atoms with Crippen molar-refractivity contribution in [1.82, 2.24) is 35.3 Å². The Morgan fingerprint density at radius 2 is 2.00 bits per heavy atom. The van der Waals surface area contributed by atoms with E-state index in [2.05, 4.69) is 37.6 Å². The van der Waals surface area contributed by atoms with Gasteiger partial charge in [-0.3, -0.25) is 9.89 Å². The molecule has 1 aliphatic rings. The van der Waals surface area contributed by atoms with Gasteiger partial charge < -0.3 is 10.6 Å². The number of nitrogens with one attached hydrogen (secondary N) is 3. The summed E-state index contributed by atoms with van der Waals surface area (Å²) in [6, 6.07) is 3.64. The van der Waals surface area contributed by atoms with Gasteiger partial charge in [0.25, 0.3) is 0 Å². The number of aryl methyl sites for hydroxylation is 2. The Labute approximate surface area is 227 Å². The second-order valence-corrected chi connectivity index (χ2v) is 10.5. The van der Waals surface area contributed by atoms with Crippen LogP contribution in [0.25, 0.3) is 5.82 Å². The number of halogens is 1. The quantitative estimate of drug-likeness (QED) is 0.256. The summed E-state index contributed by atoms with van der Waals surface area (Å²) >= 11 is 0. The monoisotopic (exact) mass is 533 g/mol. The van der Waals surface area contributed by atoms with Crippen LogP contribution < -0.4 is 10.6 Å². The zero-order chi connectivity index (χ0) is 28.2. The molecule has 0 aromatic carbocycles. The number of allylic oxidation sites excluding steroid dienone is 2. The number of rotatable bonds is 9. The molecule has 0 spiro atoms. The van der Waals surface area contributed by atoms with Gasteiger partial charge in [0, 0.05) is 40.9 Å². The lowest BCUT2D eigenvalue weighted by molar-refractivity contribution is -0.132. The summed E-state index contributed by atoms with van der Waals surface area (Å²) in [7, 11) is 0. The number of anilines is 2. The number of nitrogens with zero attached hydrogens (tertiary/aromatic N) is 6. The molecule has 3 N–H and O–H groups in total. The predicted octanol–water partition coefficient (Wildman–Crippen LogP) is 5.21. The molecule has 4 rings (SSSR count). The van der Waals surface area contributed by atoms with Gasteiger partial charge in [0.05, 0.1) is 12.4 Å². The van der Waals surface area contributed by atoms with Crippen LogP contribution in [0.4, 0.5) is 16.0 Å². The highest BCUT2D eigenvalue weighted by Gasteiger charge is 2.39. The van der Waals surface area contributed by atoms with E-state index in [9.17, 15) is 9.18 Å². The van der Waals surface area contributed by atoms with Crippen molar-refractivity contribution >= 4 is 30.1 Å². The van der Waals surface area contributed by atoms with Crippen molar-refractivity contribution < 1.29 is 9.18 Å². The maximum atomic E-state index is 13.3. The van der Waals surface area contributed by atoms with E-state index in [0.29, 0.717) is 17.5 Å². The smallest absolute Gasteiger partial charge is 0.226 e. The summed E-state index contributed by atoms with van der Waals surface area (Å²) in [5.74, 6) is 2.38. The number of carbonyl (C=O) groups is 1. The number of aromatic amines is 1. The van der Waals surface area contributed by atoms with Gasteiger partial charge in [0.15, 0.2) is 17.5 Å². The van der Waals surface area contributed by atoms with Crippen LogP contribution in [0.5, 0.6) is 0 Å². The Morgan fingerprint density at radius 1 is 1.26 bits per heavy atom. The van der Waals surface area contributed by atoms with Crippen LogP contribution in [0, 0.1) is 25.1 Å². The molecule has 1 fully saturated rings. The Hall–Kier alpha value is -4.15. The Kier molecular flexibility index (Phi) is 8.37. The number of amides is 1. The van der Waals surface area contributed by atoms with Crippen molar-refractivity contribution in [2.45, 2.75) is 72.3 Å². The van der Waals surface area contributed by atoms with Crippen molar-refractivity contribution in [3.8, 4) is 0 Å². The van der Waals surface area contributed by atoms with Crippen molar-refractivity contribution in [2.24, 2.45) is 10.4 Å². The van der Waals surface area contributed by atoms with E-state index in [4.69, 9.17) is 9.97 Å². The average Bonchev–Trinajstić information content (AvgIpc) is 3.51. The van der Waals surface area contributed by atoms with Crippen LogP contribution in [0.1, 0.15) is 69.6 Å². The third-order valence-corrected chi connectivity index (χ3v) is 7.31. The molecule has 3 heterocycles. The van der Waals surface area contributed by atoms with Gasteiger partial charge in [0.2, 0.25) is 5.91 Å². The lowest BCUT2D eigenvalue weighted by Gasteiger charge is -2.36. The number of hydrogen-bond donors (Lipinski definition) is 3. The molecule has 11 heteroatoms. The third-order valence-electron chi connectivity index (χ3n) is 7.31. The van der Waals surface area contributed by atoms with Gasteiger partial charge >= 0.3 is 0 Å². The fourth-order valence-corrected chi connectivity index (χ4v) is 4.65. The van der Waals surface area contributed by atoms with E-state index >= 15 is 0 Å². The topological polar surface area (TPSA) is 126 Å². The van der Waals surface area contributed by atoms with E-state index in [-0.39, 0.29) is 17.9 Å². The zero-order valence-corrected chi connectivity index (χ0v) is 23.1. The van der Waals surface area contributed by atoms with Gasteiger partial charge in [-0.15, -0.1) is 0 Å². The average molecular weight is 534 g/mol. The van der Waals surface area contributed by atoms with Gasteiger partial charge in [-0.05, 0) is 66.2 Å². The van der Waals surface area contributed by atoms with Gasteiger partial charge in [-0.25, -0.2) is 24.0 Å². The summed E-state index contributed by atoms with van der Waals surface area (Å²) in [4.78, 5) is 26.7. The van der Waals surface area contributed by atoms with Gasteiger partial charge in [-0.1, -0.05) is 18.6 Å². The molecule has 3 aromatic rings. The van der Waals surface area contributed by atoms with Crippen molar-refractivity contribution in [3.63, 3.8) is 0 Å². The normalized spacial score (nSPS) is 20.9. The maximum absolute atomic E-state index is 13.3. The third kappa shape index (κ3) is 6.84. The molecule has 1 saturated carbocycles. The molecule has 0 saturated heterocycles. The SMILES string of the molecule is C=N/C(=C\C=C(/C)[C@H](C)NC(=O)[C@]1(C)CC[C@@H](c2nc(C)cc(Nc3cc(C)[nH]n3)n2)CC1)n1cc(F)cn1. The summed E-state index contributed by atoms with van der Waals surface area (Å²) < 4.78 is 14.6. The highest BCUT2D eigenvalue weighted by atomic mass is 19.1. The van der Waals surface area contributed by atoms with Crippen molar-refractivity contribution in [1.29, 1.82) is 0 Å². The van der Waals surface area contributed by atoms with E-state index in [1.807, 2.05) is 52.8 Å². The fourth-order valence-electron chi connectivity index (χ4n) is 4.65. The summed E-state index contributed by atoms with van der Waals surface area (Å²) in [5, 5.41) is 17.5. The Morgan fingerprint density at radius 3 is 2.62 bits per heavy atom. The van der Waals surface area contributed by atoms with E-state index in [0.717, 1.165) is 54.7 Å². The molecular weight excluding hydrogens is 497 g/mol. The number of hydrogen-bond acceptors (Lipinski definition) is 7. The minimum absolute atomic E-state index is 0.0304. The first-order valence-electron chi connectivity index (χ1n) is 13.1. The summed E-state index contributed by atoms with van der Waals surface area (Å²) in [6.07, 6.45) is 9.01. The molecule has 39 heavy (non-hydrogen) atoms. The fraction of sp³-hybridized carbons (Fsp3) is 0.429. The number of aliphatic imine (C=N–C) groups is 1. The number of H-pyrrole nitrogens is 1. The molecule has 0 bridgehead atoms. The Balaban J connectivity index is 1.36. The van der Waals surface area contributed by atoms with Crippen LogP contribution in [-0.4, -0.2) is 48.6 Å². The maximum Gasteiger partial charge on any atom is 0.226 e. The molecule has 3 aromatic heterocycles. The van der Waals surface area contributed by atoms with Crippen LogP contribution in [-0.2, 0) is 4.79 Å². The number of carbonyl (C=O) groups excluding carboxylic acids is 1. The van der Waals surface area contributed by atoms with Crippen LogP contribution in [0.2, 0.25) is 0 Å². The molecule has 1 aliphatic carbocycles. The summed E-state index contributed by atoms with van der Waals surface area (Å²) in [5.41, 5.74) is 2.31. The first-order chi connectivity index (χ1) is 18.6. The van der Waals surface area contributed by atoms with Crippen LogP contribution in [0.3, 0.4) is 0 Å². The highest BCUT2D eigenvalue weighted by Crippen LogP contribution is 2.42. The number of aromatic nitrogens is 6. The molecule has 1 atom stereocenters. The lowest BCUT2D eigenvalue weighted by atomic mass is 9.70. The minimum atomic E-state index is -0.473. The Bertz CT molecular complexity index is 1400. The second kappa shape index (κ2) is 11.7. The molecule has 0 aliphatic heterocycles. The minimum Gasteiger partial charge on any atom is -0.349 e. The van der Waals surface area contributed by atoms with Crippen molar-refractivity contribution in [2.75, 3.05) is 5.32 Å². The van der Waals surface area contributed by atoms with Crippen LogP contribution >= 0.6 is 0 Å². The van der Waals surface area contributed by atoms with Gasteiger partial charge in [-0.2, -0.15) is 10.2 Å².